The highest BCUT2D eigenvalue weighted by Gasteiger charge is 2.12. The van der Waals surface area contributed by atoms with Crippen molar-refractivity contribution < 1.29 is 9.53 Å². The fourth-order valence-electron chi connectivity index (χ4n) is 3.41. The van der Waals surface area contributed by atoms with E-state index in [0.717, 1.165) is 33.3 Å². The second-order valence-corrected chi connectivity index (χ2v) is 7.20. The summed E-state index contributed by atoms with van der Waals surface area (Å²) in [5, 5.41) is 10.2. The number of carbonyl (C=O) groups is 1. The largest absolute Gasteiger partial charge is 0.381 e. The Balaban J connectivity index is 1.69. The Morgan fingerprint density at radius 2 is 2.03 bits per heavy atom. The monoisotopic (exact) mass is 423 g/mol. The van der Waals surface area contributed by atoms with Crippen molar-refractivity contribution >= 4 is 22.6 Å². The molecule has 0 aliphatic carbocycles. The molecular weight excluding hydrogens is 402 g/mol. The maximum Gasteiger partial charge on any atom is 0.250 e. The van der Waals surface area contributed by atoms with Crippen LogP contribution in [-0.2, 0) is 9.53 Å². The molecular formula is C25H21N5O2. The van der Waals surface area contributed by atoms with Crippen LogP contribution in [0, 0.1) is 11.3 Å². The number of anilines is 1. The molecule has 32 heavy (non-hydrogen) atoms. The molecule has 1 N–H and O–H groups in total. The van der Waals surface area contributed by atoms with Crippen molar-refractivity contribution in [1.29, 1.82) is 5.26 Å². The third-order valence-corrected chi connectivity index (χ3v) is 5.13. The maximum atomic E-state index is 12.4. The minimum Gasteiger partial charge on any atom is -0.381 e. The van der Waals surface area contributed by atoms with E-state index in [-0.39, 0.29) is 5.91 Å². The number of nitrogens with zero attached hydrogens (tertiary/aromatic N) is 4. The summed E-state index contributed by atoms with van der Waals surface area (Å²) < 4.78 is 4.94. The van der Waals surface area contributed by atoms with Crippen molar-refractivity contribution in [2.45, 2.75) is 0 Å². The Kier molecular flexibility index (Phi) is 6.06. The molecule has 1 amide bonds. The molecule has 0 spiro atoms. The molecule has 0 saturated carbocycles. The average molecular weight is 423 g/mol. The van der Waals surface area contributed by atoms with Crippen molar-refractivity contribution in [1.82, 2.24) is 15.0 Å². The molecule has 3 aromatic heterocycles. The van der Waals surface area contributed by atoms with Gasteiger partial charge in [-0.3, -0.25) is 9.78 Å². The van der Waals surface area contributed by atoms with E-state index in [1.54, 1.807) is 44.9 Å². The Morgan fingerprint density at radius 1 is 1.19 bits per heavy atom. The number of likely N-dealkylation sites (N-methyl/N-ethyl adjacent to an activating group) is 1. The third-order valence-electron chi connectivity index (χ3n) is 5.13. The van der Waals surface area contributed by atoms with Gasteiger partial charge in [0.1, 0.15) is 5.65 Å². The van der Waals surface area contributed by atoms with E-state index in [0.29, 0.717) is 17.9 Å². The number of pyridine rings is 2. The molecule has 0 aliphatic heterocycles. The van der Waals surface area contributed by atoms with E-state index in [1.807, 2.05) is 36.5 Å². The van der Waals surface area contributed by atoms with E-state index in [9.17, 15) is 10.1 Å². The molecule has 1 aromatic carbocycles. The number of hydrogen-bond donors (Lipinski definition) is 1. The molecule has 3 heterocycles. The first kappa shape index (κ1) is 21.0. The first-order chi connectivity index (χ1) is 15.6. The van der Waals surface area contributed by atoms with Gasteiger partial charge in [0.25, 0.3) is 5.91 Å². The summed E-state index contributed by atoms with van der Waals surface area (Å²) in [4.78, 5) is 26.0. The number of aromatic nitrogens is 3. The first-order valence-electron chi connectivity index (χ1n) is 9.97. The Labute approximate surface area is 185 Å². The van der Waals surface area contributed by atoms with E-state index < -0.39 is 0 Å². The fraction of sp³-hybridized carbons (Fsp3) is 0.120. The van der Waals surface area contributed by atoms with Crippen LogP contribution in [0.4, 0.5) is 5.69 Å². The normalized spacial score (nSPS) is 11.0. The summed E-state index contributed by atoms with van der Waals surface area (Å²) in [7, 11) is 3.28. The van der Waals surface area contributed by atoms with Crippen LogP contribution in [0.25, 0.3) is 33.3 Å². The van der Waals surface area contributed by atoms with Crippen LogP contribution in [0.3, 0.4) is 0 Å². The summed E-state index contributed by atoms with van der Waals surface area (Å²) in [6, 6.07) is 13.6. The number of carbonyl (C=O) groups excluding carboxylic acids is 1. The van der Waals surface area contributed by atoms with Gasteiger partial charge in [-0.05, 0) is 29.8 Å². The van der Waals surface area contributed by atoms with Crippen molar-refractivity contribution in [3.05, 3.63) is 78.9 Å². The van der Waals surface area contributed by atoms with Gasteiger partial charge in [0.05, 0.1) is 30.1 Å². The zero-order valence-electron chi connectivity index (χ0n) is 17.7. The van der Waals surface area contributed by atoms with Gasteiger partial charge < -0.3 is 14.6 Å². The topological polar surface area (TPSA) is 94.9 Å². The zero-order valence-corrected chi connectivity index (χ0v) is 17.7. The number of amides is 1. The van der Waals surface area contributed by atoms with Gasteiger partial charge in [0.15, 0.2) is 0 Å². The number of aromatic amines is 1. The van der Waals surface area contributed by atoms with Crippen LogP contribution in [0.1, 0.15) is 5.56 Å². The maximum absolute atomic E-state index is 12.4. The molecule has 7 heteroatoms. The van der Waals surface area contributed by atoms with Crippen molar-refractivity contribution in [2.24, 2.45) is 0 Å². The average Bonchev–Trinajstić information content (AvgIpc) is 3.27. The highest BCUT2D eigenvalue weighted by Crippen LogP contribution is 2.32. The number of nitriles is 1. The molecule has 0 radical (unpaired) electrons. The molecule has 4 rings (SSSR count). The van der Waals surface area contributed by atoms with Crippen LogP contribution >= 0.6 is 0 Å². The van der Waals surface area contributed by atoms with Crippen LogP contribution in [0.2, 0.25) is 0 Å². The molecule has 0 saturated heterocycles. The number of hydrogen-bond acceptors (Lipinski definition) is 5. The molecule has 4 aromatic rings. The van der Waals surface area contributed by atoms with E-state index >= 15 is 0 Å². The minimum atomic E-state index is -0.167. The summed E-state index contributed by atoms with van der Waals surface area (Å²) in [5.41, 5.74) is 5.65. The predicted octanol–water partition coefficient (Wildman–Crippen LogP) is 4.33. The summed E-state index contributed by atoms with van der Waals surface area (Å²) >= 11 is 0. The molecule has 0 atom stereocenters. The molecule has 158 valence electrons. The second kappa shape index (κ2) is 9.25. The smallest absolute Gasteiger partial charge is 0.250 e. The summed E-state index contributed by atoms with van der Waals surface area (Å²) in [5.74, 6) is -0.167. The summed E-state index contributed by atoms with van der Waals surface area (Å²) in [6.07, 6.45) is 10.2. The number of rotatable bonds is 6. The summed E-state index contributed by atoms with van der Waals surface area (Å²) in [6.45, 7) is 0.375. The van der Waals surface area contributed by atoms with Crippen LogP contribution in [0.5, 0.6) is 0 Å². The van der Waals surface area contributed by atoms with E-state index in [2.05, 4.69) is 21.0 Å². The van der Waals surface area contributed by atoms with Gasteiger partial charge in [-0.1, -0.05) is 18.2 Å². The van der Waals surface area contributed by atoms with Crippen LogP contribution < -0.4 is 4.90 Å². The molecule has 0 bridgehead atoms. The third kappa shape index (κ3) is 4.26. The number of benzene rings is 1. The molecule has 0 aliphatic rings. The molecule has 0 fully saturated rings. The lowest BCUT2D eigenvalue weighted by molar-refractivity contribution is -0.113. The van der Waals surface area contributed by atoms with Crippen LogP contribution in [0.15, 0.2) is 73.3 Å². The predicted molar refractivity (Wildman–Crippen MR) is 124 cm³/mol. The number of ether oxygens (including phenoxy) is 1. The fourth-order valence-corrected chi connectivity index (χ4v) is 3.41. The highest BCUT2D eigenvalue weighted by molar-refractivity contribution is 6.01. The minimum absolute atomic E-state index is 0.167. The standard InChI is InChI=1S/C25H21N5O2/c1-30(24(31)7-4-8-32-2)21-10-19(13-27-15-21)20-11-22-23(16-29-25(22)28-14-20)18-6-3-5-17(9-18)12-26/h3-7,9-11,13-16H,8H2,1-2H3,(H,28,29)/b7-4+. The van der Waals surface area contributed by atoms with Crippen molar-refractivity contribution in [3.8, 4) is 28.3 Å². The molecule has 7 nitrogen and oxygen atoms in total. The lowest BCUT2D eigenvalue weighted by Gasteiger charge is -2.16. The number of H-pyrrole nitrogens is 1. The SMILES string of the molecule is COC/C=C/C(=O)N(C)c1cncc(-c2cnc3[nH]cc(-c4cccc(C#N)c4)c3c2)c1. The van der Waals surface area contributed by atoms with E-state index in [1.165, 1.54) is 11.0 Å². The van der Waals surface area contributed by atoms with Gasteiger partial charge in [-0.2, -0.15) is 5.26 Å². The highest BCUT2D eigenvalue weighted by atomic mass is 16.5. The van der Waals surface area contributed by atoms with Crippen LogP contribution in [-0.4, -0.2) is 41.6 Å². The first-order valence-corrected chi connectivity index (χ1v) is 9.97. The Morgan fingerprint density at radius 3 is 2.84 bits per heavy atom. The zero-order chi connectivity index (χ0) is 22.5. The molecule has 0 unspecified atom stereocenters. The number of fused-ring (bicyclic) bond motifs is 1. The Hall–Kier alpha value is -4.28. The quantitative estimate of drug-likeness (QED) is 0.466. The van der Waals surface area contributed by atoms with Crippen molar-refractivity contribution in [3.63, 3.8) is 0 Å². The lowest BCUT2D eigenvalue weighted by Crippen LogP contribution is -2.24. The van der Waals surface area contributed by atoms with Gasteiger partial charge in [-0.15, -0.1) is 0 Å². The van der Waals surface area contributed by atoms with Gasteiger partial charge in [-0.25, -0.2) is 4.98 Å². The van der Waals surface area contributed by atoms with Gasteiger partial charge in [0, 0.05) is 60.9 Å². The number of methoxy groups -OCH3 is 1. The van der Waals surface area contributed by atoms with Crippen molar-refractivity contribution in [2.75, 3.05) is 25.7 Å². The van der Waals surface area contributed by atoms with Gasteiger partial charge in [0.2, 0.25) is 0 Å². The van der Waals surface area contributed by atoms with E-state index in [4.69, 9.17) is 4.74 Å². The lowest BCUT2D eigenvalue weighted by atomic mass is 10.0. The second-order valence-electron chi connectivity index (χ2n) is 7.20. The van der Waals surface area contributed by atoms with Gasteiger partial charge >= 0.3 is 0 Å². The Bertz CT molecular complexity index is 1350. The number of nitrogens with one attached hydrogen (secondary N) is 1.